The number of anilines is 2. The van der Waals surface area contributed by atoms with E-state index in [0.29, 0.717) is 12.2 Å². The van der Waals surface area contributed by atoms with Crippen molar-refractivity contribution in [3.05, 3.63) is 84.9 Å². The molecule has 7 heteroatoms. The van der Waals surface area contributed by atoms with E-state index < -0.39 is 0 Å². The lowest BCUT2D eigenvalue weighted by Gasteiger charge is -2.28. The Labute approximate surface area is 198 Å². The predicted molar refractivity (Wildman–Crippen MR) is 135 cm³/mol. The van der Waals surface area contributed by atoms with Crippen LogP contribution in [0.15, 0.2) is 79.4 Å². The van der Waals surface area contributed by atoms with E-state index in [2.05, 4.69) is 26.8 Å². The molecule has 0 aliphatic carbocycles. The normalized spacial score (nSPS) is 13.6. The van der Waals surface area contributed by atoms with Gasteiger partial charge >= 0.3 is 0 Å². The molecule has 172 valence electrons. The Morgan fingerprint density at radius 3 is 2.59 bits per heavy atom. The first-order chi connectivity index (χ1) is 16.7. The van der Waals surface area contributed by atoms with Crippen LogP contribution in [0.2, 0.25) is 0 Å². The van der Waals surface area contributed by atoms with Gasteiger partial charge in [-0.2, -0.15) is 0 Å². The molecule has 4 aromatic rings. The molecule has 3 aromatic carbocycles. The van der Waals surface area contributed by atoms with Gasteiger partial charge in [-0.3, -0.25) is 4.79 Å². The highest BCUT2D eigenvalue weighted by molar-refractivity contribution is 6.04. The van der Waals surface area contributed by atoms with Gasteiger partial charge in [0, 0.05) is 41.7 Å². The predicted octanol–water partition coefficient (Wildman–Crippen LogP) is 4.88. The molecule has 2 N–H and O–H groups in total. The largest absolute Gasteiger partial charge is 0.489 e. The van der Waals surface area contributed by atoms with Gasteiger partial charge in [-0.05, 0) is 48.5 Å². The quantitative estimate of drug-likeness (QED) is 0.389. The molecule has 1 amide bonds. The molecule has 0 spiro atoms. The van der Waals surface area contributed by atoms with E-state index in [0.717, 1.165) is 65.8 Å². The van der Waals surface area contributed by atoms with Crippen LogP contribution < -0.4 is 15.0 Å². The van der Waals surface area contributed by atoms with E-state index in [9.17, 15) is 4.79 Å². The molecule has 7 nitrogen and oxygen atoms in total. The first kappa shape index (κ1) is 21.7. The van der Waals surface area contributed by atoms with Crippen molar-refractivity contribution in [1.29, 1.82) is 0 Å². The summed E-state index contributed by atoms with van der Waals surface area (Å²) in [4.78, 5) is 23.0. The molecule has 1 aliphatic rings. The van der Waals surface area contributed by atoms with Gasteiger partial charge in [-0.25, -0.2) is 4.98 Å². The molecule has 0 atom stereocenters. The summed E-state index contributed by atoms with van der Waals surface area (Å²) in [5, 5.41) is 2.97. The summed E-state index contributed by atoms with van der Waals surface area (Å²) in [5.74, 6) is 1.34. The van der Waals surface area contributed by atoms with Gasteiger partial charge in [-0.1, -0.05) is 24.8 Å². The van der Waals surface area contributed by atoms with E-state index in [1.54, 1.807) is 18.2 Å². The molecule has 34 heavy (non-hydrogen) atoms. The third-order valence-electron chi connectivity index (χ3n) is 5.74. The number of carbonyl (C=O) groups is 1. The third kappa shape index (κ3) is 4.79. The van der Waals surface area contributed by atoms with E-state index in [-0.39, 0.29) is 5.91 Å². The minimum Gasteiger partial charge on any atom is -0.489 e. The van der Waals surface area contributed by atoms with E-state index in [1.807, 2.05) is 54.6 Å². The lowest BCUT2D eigenvalue weighted by atomic mass is 10.1. The fraction of sp³-hybridized carbons (Fsp3) is 0.185. The zero-order chi connectivity index (χ0) is 23.3. The monoisotopic (exact) mass is 454 g/mol. The van der Waals surface area contributed by atoms with Gasteiger partial charge in [0.15, 0.2) is 0 Å². The van der Waals surface area contributed by atoms with Crippen LogP contribution in [0.3, 0.4) is 0 Å². The molecule has 1 fully saturated rings. The Balaban J connectivity index is 1.25. The number of morpholine rings is 1. The Kier molecular flexibility index (Phi) is 6.27. The Hall–Kier alpha value is -4.10. The van der Waals surface area contributed by atoms with Crippen LogP contribution in [-0.4, -0.2) is 48.8 Å². The van der Waals surface area contributed by atoms with Gasteiger partial charge < -0.3 is 24.7 Å². The summed E-state index contributed by atoms with van der Waals surface area (Å²) in [6, 6.07) is 21.0. The number of imidazole rings is 1. The minimum absolute atomic E-state index is 0.153. The van der Waals surface area contributed by atoms with Crippen LogP contribution in [0.4, 0.5) is 11.4 Å². The van der Waals surface area contributed by atoms with Gasteiger partial charge in [-0.15, -0.1) is 0 Å². The number of hydrogen-bond acceptors (Lipinski definition) is 5. The van der Waals surface area contributed by atoms with Gasteiger partial charge in [0.2, 0.25) is 0 Å². The maximum atomic E-state index is 12.7. The second-order valence-corrected chi connectivity index (χ2v) is 8.04. The number of nitrogens with one attached hydrogen (secondary N) is 2. The SMILES string of the molecule is C=CCOc1ccc2nc(-c3ccc(C(=O)Nc4ccc(N5CCOCC5)cc4)cc3)[nH]c2c1. The lowest BCUT2D eigenvalue weighted by molar-refractivity contribution is 0.102. The number of nitrogens with zero attached hydrogens (tertiary/aromatic N) is 2. The fourth-order valence-corrected chi connectivity index (χ4v) is 3.93. The maximum Gasteiger partial charge on any atom is 0.255 e. The molecule has 1 saturated heterocycles. The van der Waals surface area contributed by atoms with Crippen molar-refractivity contribution in [3.63, 3.8) is 0 Å². The van der Waals surface area contributed by atoms with Crippen LogP contribution in [0.25, 0.3) is 22.4 Å². The number of H-pyrrole nitrogens is 1. The maximum absolute atomic E-state index is 12.7. The summed E-state index contributed by atoms with van der Waals surface area (Å²) >= 11 is 0. The number of fused-ring (bicyclic) bond motifs is 1. The highest BCUT2D eigenvalue weighted by atomic mass is 16.5. The van der Waals surface area contributed by atoms with Gasteiger partial charge in [0.05, 0.1) is 24.2 Å². The summed E-state index contributed by atoms with van der Waals surface area (Å²) < 4.78 is 11.0. The molecule has 5 rings (SSSR count). The fourth-order valence-electron chi connectivity index (χ4n) is 3.93. The number of rotatable bonds is 7. The highest BCUT2D eigenvalue weighted by Crippen LogP contribution is 2.25. The molecule has 0 saturated carbocycles. The van der Waals surface area contributed by atoms with Crippen molar-refractivity contribution in [2.75, 3.05) is 43.1 Å². The second kappa shape index (κ2) is 9.80. The molecule has 2 heterocycles. The molecule has 1 aliphatic heterocycles. The number of amides is 1. The molecule has 0 radical (unpaired) electrons. The Morgan fingerprint density at radius 2 is 1.85 bits per heavy atom. The first-order valence-corrected chi connectivity index (χ1v) is 11.3. The average molecular weight is 455 g/mol. The highest BCUT2D eigenvalue weighted by Gasteiger charge is 2.12. The summed E-state index contributed by atoms with van der Waals surface area (Å²) in [5.41, 5.74) is 5.12. The number of benzene rings is 3. The lowest BCUT2D eigenvalue weighted by Crippen LogP contribution is -2.36. The molecular weight excluding hydrogens is 428 g/mol. The number of hydrogen-bond donors (Lipinski definition) is 2. The summed E-state index contributed by atoms with van der Waals surface area (Å²) in [6.07, 6.45) is 1.71. The summed E-state index contributed by atoms with van der Waals surface area (Å²) in [7, 11) is 0. The van der Waals surface area contributed by atoms with E-state index in [4.69, 9.17) is 9.47 Å². The topological polar surface area (TPSA) is 79.5 Å². The molecule has 0 unspecified atom stereocenters. The van der Waals surface area contributed by atoms with E-state index in [1.165, 1.54) is 0 Å². The van der Waals surface area contributed by atoms with Gasteiger partial charge in [0.1, 0.15) is 18.2 Å². The number of aromatic nitrogens is 2. The Bertz CT molecular complexity index is 1290. The minimum atomic E-state index is -0.153. The number of aromatic amines is 1. The zero-order valence-corrected chi connectivity index (χ0v) is 18.8. The molecule has 1 aromatic heterocycles. The molecule has 0 bridgehead atoms. The Morgan fingerprint density at radius 1 is 1.09 bits per heavy atom. The van der Waals surface area contributed by atoms with Crippen molar-refractivity contribution in [2.24, 2.45) is 0 Å². The van der Waals surface area contributed by atoms with Crippen LogP contribution in [-0.2, 0) is 4.74 Å². The van der Waals surface area contributed by atoms with Crippen LogP contribution in [0.5, 0.6) is 5.75 Å². The van der Waals surface area contributed by atoms with Crippen molar-refractivity contribution >= 4 is 28.3 Å². The van der Waals surface area contributed by atoms with Crippen molar-refractivity contribution in [2.45, 2.75) is 0 Å². The van der Waals surface area contributed by atoms with Gasteiger partial charge in [0.25, 0.3) is 5.91 Å². The zero-order valence-electron chi connectivity index (χ0n) is 18.8. The molecular formula is C27H26N4O3. The summed E-state index contributed by atoms with van der Waals surface area (Å²) in [6.45, 7) is 7.37. The van der Waals surface area contributed by atoms with Crippen LogP contribution >= 0.6 is 0 Å². The smallest absolute Gasteiger partial charge is 0.255 e. The third-order valence-corrected chi connectivity index (χ3v) is 5.74. The number of ether oxygens (including phenoxy) is 2. The van der Waals surface area contributed by atoms with Crippen molar-refractivity contribution < 1.29 is 14.3 Å². The second-order valence-electron chi connectivity index (χ2n) is 8.04. The number of carbonyl (C=O) groups excluding carboxylic acids is 1. The van der Waals surface area contributed by atoms with Crippen LogP contribution in [0, 0.1) is 0 Å². The van der Waals surface area contributed by atoms with Crippen molar-refractivity contribution in [3.8, 4) is 17.1 Å². The van der Waals surface area contributed by atoms with Crippen molar-refractivity contribution in [1.82, 2.24) is 9.97 Å². The standard InChI is InChI=1S/C27H26N4O3/c1-2-15-34-23-11-12-24-25(18-23)30-26(29-24)19-3-5-20(6-4-19)27(32)28-21-7-9-22(10-8-21)31-13-16-33-17-14-31/h2-12,18H,1,13-17H2,(H,28,32)(H,29,30). The first-order valence-electron chi connectivity index (χ1n) is 11.3. The average Bonchev–Trinajstić information content (AvgIpc) is 3.32. The van der Waals surface area contributed by atoms with Crippen LogP contribution in [0.1, 0.15) is 10.4 Å². The van der Waals surface area contributed by atoms with E-state index >= 15 is 0 Å².